The highest BCUT2D eigenvalue weighted by Crippen LogP contribution is 2.07. The number of benzene rings is 1. The summed E-state index contributed by atoms with van der Waals surface area (Å²) in [7, 11) is 1.24. The van der Waals surface area contributed by atoms with Crippen molar-refractivity contribution in [2.24, 2.45) is 0 Å². The minimum absolute atomic E-state index is 0.140. The van der Waals surface area contributed by atoms with E-state index in [0.717, 1.165) is 5.56 Å². The monoisotopic (exact) mass is 279 g/mol. The Bertz CT molecular complexity index is 472. The fraction of sp³-hybridized carbons (Fsp3) is 0.357. The van der Waals surface area contributed by atoms with Gasteiger partial charge in [-0.1, -0.05) is 30.3 Å². The molecule has 0 bridgehead atoms. The van der Waals surface area contributed by atoms with Crippen molar-refractivity contribution in [2.75, 3.05) is 13.7 Å². The van der Waals surface area contributed by atoms with Crippen molar-refractivity contribution in [3.8, 4) is 0 Å². The molecule has 0 heterocycles. The first-order valence-corrected chi connectivity index (χ1v) is 6.13. The van der Waals surface area contributed by atoms with Gasteiger partial charge in [0.25, 0.3) is 0 Å². The minimum Gasteiger partial charge on any atom is -0.481 e. The highest BCUT2D eigenvalue weighted by Gasteiger charge is 2.18. The second-order valence-electron chi connectivity index (χ2n) is 4.21. The van der Waals surface area contributed by atoms with Crippen molar-refractivity contribution in [1.29, 1.82) is 0 Å². The molecular weight excluding hydrogens is 262 g/mol. The number of hydrogen-bond donors (Lipinski definition) is 1. The van der Waals surface area contributed by atoms with Gasteiger partial charge < -0.3 is 14.7 Å². The van der Waals surface area contributed by atoms with Crippen LogP contribution in [-0.4, -0.2) is 41.5 Å². The summed E-state index contributed by atoms with van der Waals surface area (Å²) in [5, 5.41) is 8.60. The molecule has 1 rings (SSSR count). The average Bonchev–Trinajstić information content (AvgIpc) is 2.44. The molecule has 0 aromatic heterocycles. The molecule has 0 unspecified atom stereocenters. The van der Waals surface area contributed by atoms with Crippen molar-refractivity contribution in [2.45, 2.75) is 19.4 Å². The van der Waals surface area contributed by atoms with E-state index in [2.05, 4.69) is 4.74 Å². The quantitative estimate of drug-likeness (QED) is 0.754. The molecule has 108 valence electrons. The first-order chi connectivity index (χ1) is 9.52. The molecule has 0 aliphatic heterocycles. The normalized spacial score (nSPS) is 9.85. The Morgan fingerprint density at radius 2 is 1.80 bits per heavy atom. The predicted octanol–water partition coefficient (Wildman–Crippen LogP) is 1.05. The van der Waals surface area contributed by atoms with Gasteiger partial charge in [-0.05, 0) is 5.56 Å². The third-order valence-corrected chi connectivity index (χ3v) is 2.67. The summed E-state index contributed by atoms with van der Waals surface area (Å²) in [5.74, 6) is -1.97. The highest BCUT2D eigenvalue weighted by atomic mass is 16.5. The number of methoxy groups -OCH3 is 1. The standard InChI is InChI=1S/C14H17NO5/c1-20-14(19)10-15(12(16)7-8-13(17)18)9-11-5-3-2-4-6-11/h2-6H,7-10H2,1H3,(H,17,18). The summed E-state index contributed by atoms with van der Waals surface area (Å²) in [4.78, 5) is 35.1. The van der Waals surface area contributed by atoms with Crippen LogP contribution in [0.5, 0.6) is 0 Å². The number of hydrogen-bond acceptors (Lipinski definition) is 4. The molecule has 1 amide bonds. The number of carbonyl (C=O) groups excluding carboxylic acids is 2. The Hall–Kier alpha value is -2.37. The second kappa shape index (κ2) is 7.93. The van der Waals surface area contributed by atoms with Gasteiger partial charge in [-0.3, -0.25) is 14.4 Å². The number of aliphatic carboxylic acids is 1. The highest BCUT2D eigenvalue weighted by molar-refractivity contribution is 5.84. The van der Waals surface area contributed by atoms with Crippen molar-refractivity contribution < 1.29 is 24.2 Å². The van der Waals surface area contributed by atoms with Crippen LogP contribution in [0.15, 0.2) is 30.3 Å². The van der Waals surface area contributed by atoms with E-state index in [1.807, 2.05) is 30.3 Å². The molecule has 0 radical (unpaired) electrons. The maximum atomic E-state index is 12.0. The zero-order valence-corrected chi connectivity index (χ0v) is 11.2. The summed E-state index contributed by atoms with van der Waals surface area (Å²) in [6.45, 7) is 0.0538. The fourth-order valence-corrected chi connectivity index (χ4v) is 1.63. The molecule has 0 atom stereocenters. The molecule has 20 heavy (non-hydrogen) atoms. The van der Waals surface area contributed by atoms with Gasteiger partial charge >= 0.3 is 11.9 Å². The smallest absolute Gasteiger partial charge is 0.325 e. The van der Waals surface area contributed by atoms with E-state index in [-0.39, 0.29) is 31.8 Å². The van der Waals surface area contributed by atoms with E-state index in [4.69, 9.17) is 5.11 Å². The lowest BCUT2D eigenvalue weighted by atomic mass is 10.2. The van der Waals surface area contributed by atoms with Crippen LogP contribution in [0.25, 0.3) is 0 Å². The minimum atomic E-state index is -1.05. The van der Waals surface area contributed by atoms with Crippen LogP contribution >= 0.6 is 0 Å². The Morgan fingerprint density at radius 1 is 1.15 bits per heavy atom. The van der Waals surface area contributed by atoms with Crippen molar-refractivity contribution in [3.63, 3.8) is 0 Å². The van der Waals surface area contributed by atoms with Gasteiger partial charge in [-0.25, -0.2) is 0 Å². The van der Waals surface area contributed by atoms with Gasteiger partial charge in [0.1, 0.15) is 6.54 Å². The van der Waals surface area contributed by atoms with E-state index >= 15 is 0 Å². The first kappa shape index (κ1) is 15.7. The number of carboxylic acid groups (broad SMARTS) is 1. The number of ether oxygens (including phenoxy) is 1. The third kappa shape index (κ3) is 5.51. The van der Waals surface area contributed by atoms with Crippen LogP contribution in [0.3, 0.4) is 0 Å². The Balaban J connectivity index is 2.71. The molecule has 0 fully saturated rings. The number of carboxylic acids is 1. The summed E-state index contributed by atoms with van der Waals surface area (Å²) in [6, 6.07) is 9.16. The van der Waals surface area contributed by atoms with Gasteiger partial charge in [0.15, 0.2) is 0 Å². The summed E-state index contributed by atoms with van der Waals surface area (Å²) in [5.41, 5.74) is 0.861. The van der Waals surface area contributed by atoms with E-state index < -0.39 is 11.9 Å². The van der Waals surface area contributed by atoms with E-state index in [0.29, 0.717) is 0 Å². The van der Waals surface area contributed by atoms with Gasteiger partial charge in [-0.15, -0.1) is 0 Å². The van der Waals surface area contributed by atoms with Crippen LogP contribution in [0.1, 0.15) is 18.4 Å². The number of rotatable bonds is 7. The Morgan fingerprint density at radius 3 is 2.35 bits per heavy atom. The SMILES string of the molecule is COC(=O)CN(Cc1ccccc1)C(=O)CCC(=O)O. The lowest BCUT2D eigenvalue weighted by Gasteiger charge is -2.21. The van der Waals surface area contributed by atoms with Gasteiger partial charge in [0.2, 0.25) is 5.91 Å². The van der Waals surface area contributed by atoms with Gasteiger partial charge in [0.05, 0.1) is 13.5 Å². The molecular formula is C14H17NO5. The van der Waals surface area contributed by atoms with Crippen molar-refractivity contribution in [1.82, 2.24) is 4.90 Å². The summed E-state index contributed by atoms with van der Waals surface area (Å²) < 4.78 is 4.55. The van der Waals surface area contributed by atoms with Gasteiger partial charge in [0, 0.05) is 13.0 Å². The Kier molecular flexibility index (Phi) is 6.22. The summed E-state index contributed by atoms with van der Waals surface area (Å²) in [6.07, 6.45) is -0.398. The Labute approximate surface area is 117 Å². The molecule has 1 aromatic carbocycles. The fourth-order valence-electron chi connectivity index (χ4n) is 1.63. The maximum Gasteiger partial charge on any atom is 0.325 e. The van der Waals surface area contributed by atoms with Crippen LogP contribution in [0.4, 0.5) is 0 Å². The molecule has 0 aliphatic carbocycles. The molecule has 0 spiro atoms. The number of esters is 1. The van der Waals surface area contributed by atoms with Gasteiger partial charge in [-0.2, -0.15) is 0 Å². The zero-order valence-electron chi connectivity index (χ0n) is 11.2. The van der Waals surface area contributed by atoms with Crippen molar-refractivity contribution >= 4 is 17.8 Å². The van der Waals surface area contributed by atoms with E-state index in [9.17, 15) is 14.4 Å². The summed E-state index contributed by atoms with van der Waals surface area (Å²) >= 11 is 0. The van der Waals surface area contributed by atoms with Crippen LogP contribution in [0, 0.1) is 0 Å². The molecule has 0 saturated heterocycles. The lowest BCUT2D eigenvalue weighted by Crippen LogP contribution is -2.35. The molecule has 0 saturated carbocycles. The second-order valence-corrected chi connectivity index (χ2v) is 4.21. The van der Waals surface area contributed by atoms with Crippen molar-refractivity contribution in [3.05, 3.63) is 35.9 Å². The molecule has 1 N–H and O–H groups in total. The third-order valence-electron chi connectivity index (χ3n) is 2.67. The number of carbonyl (C=O) groups is 3. The number of nitrogens with zero attached hydrogens (tertiary/aromatic N) is 1. The predicted molar refractivity (Wildman–Crippen MR) is 70.7 cm³/mol. The number of amides is 1. The molecule has 6 nitrogen and oxygen atoms in total. The first-order valence-electron chi connectivity index (χ1n) is 6.13. The largest absolute Gasteiger partial charge is 0.481 e. The topological polar surface area (TPSA) is 83.9 Å². The molecule has 0 aliphatic rings. The van der Waals surface area contributed by atoms with E-state index in [1.165, 1.54) is 12.0 Å². The van der Waals surface area contributed by atoms with Crippen LogP contribution in [0.2, 0.25) is 0 Å². The van der Waals surface area contributed by atoms with Crippen LogP contribution in [-0.2, 0) is 25.7 Å². The lowest BCUT2D eigenvalue weighted by molar-refractivity contribution is -0.148. The zero-order chi connectivity index (χ0) is 15.0. The molecule has 6 heteroatoms. The average molecular weight is 279 g/mol. The maximum absolute atomic E-state index is 12.0. The van der Waals surface area contributed by atoms with E-state index in [1.54, 1.807) is 0 Å². The van der Waals surface area contributed by atoms with Crippen LogP contribution < -0.4 is 0 Å². The molecule has 1 aromatic rings.